The fourth-order valence-corrected chi connectivity index (χ4v) is 8.20. The number of benzene rings is 6. The Morgan fingerprint density at radius 1 is 0.549 bits per heavy atom. The molecule has 0 radical (unpaired) electrons. The molecular weight excluding hydrogens is 931 g/mol. The first kappa shape index (κ1) is 46.0. The van der Waals surface area contributed by atoms with Gasteiger partial charge in [0.1, 0.15) is 0 Å². The lowest BCUT2D eigenvalue weighted by molar-refractivity contribution is -0.159. The van der Waals surface area contributed by atoms with Crippen molar-refractivity contribution in [3.05, 3.63) is 157 Å². The molecule has 0 aliphatic heterocycles. The highest BCUT2D eigenvalue weighted by molar-refractivity contribution is 5.86. The van der Waals surface area contributed by atoms with Crippen molar-refractivity contribution in [2.45, 2.75) is 51.1 Å². The number of aryl methyl sites for hydroxylation is 2. The SMILES string of the molecule is O=C(CCCn1cc2cc(-c3noc(-c4ccc(-c5ccccc5)c(C(F)(F)F)c4)n3)ccc2n1)OC(=O)CCCn1ncc2cc(-c3noc(-c4ccc(-c5ccccc5)c(C(F)(F)F)c4)n3)ccc21. The van der Waals surface area contributed by atoms with Gasteiger partial charge in [-0.25, -0.2) is 0 Å². The van der Waals surface area contributed by atoms with Crippen molar-refractivity contribution in [3.63, 3.8) is 0 Å². The summed E-state index contributed by atoms with van der Waals surface area (Å²) in [5, 5.41) is 18.4. The van der Waals surface area contributed by atoms with Gasteiger partial charge in [-0.1, -0.05) is 83.1 Å². The van der Waals surface area contributed by atoms with Crippen molar-refractivity contribution in [2.24, 2.45) is 0 Å². The molecule has 6 aromatic carbocycles. The summed E-state index contributed by atoms with van der Waals surface area (Å²) in [7, 11) is 0. The van der Waals surface area contributed by atoms with Gasteiger partial charge >= 0.3 is 24.3 Å². The average molecular weight is 967 g/mol. The molecule has 0 spiro atoms. The highest BCUT2D eigenvalue weighted by Crippen LogP contribution is 2.41. The minimum atomic E-state index is -4.62. The van der Waals surface area contributed by atoms with Crippen LogP contribution in [0.15, 0.2) is 155 Å². The van der Waals surface area contributed by atoms with Gasteiger partial charge in [-0.2, -0.15) is 46.5 Å². The van der Waals surface area contributed by atoms with E-state index in [1.807, 2.05) is 0 Å². The first-order chi connectivity index (χ1) is 34.2. The number of hydrogen-bond acceptors (Lipinski definition) is 11. The maximum Gasteiger partial charge on any atom is 0.417 e. The van der Waals surface area contributed by atoms with Crippen LogP contribution in [-0.4, -0.2) is 51.8 Å². The molecule has 10 rings (SSSR count). The van der Waals surface area contributed by atoms with Crippen LogP contribution in [0.5, 0.6) is 0 Å². The Labute approximate surface area is 398 Å². The number of ether oxygens (including phenoxy) is 1. The van der Waals surface area contributed by atoms with Crippen LogP contribution < -0.4 is 0 Å². The van der Waals surface area contributed by atoms with Gasteiger partial charge < -0.3 is 13.8 Å². The third-order valence-corrected chi connectivity index (χ3v) is 11.6. The molecule has 0 fully saturated rings. The van der Waals surface area contributed by atoms with Crippen LogP contribution in [0.1, 0.15) is 36.8 Å². The zero-order chi connectivity index (χ0) is 49.3. The first-order valence-corrected chi connectivity index (χ1v) is 22.1. The molecule has 0 bridgehead atoms. The molecule has 0 unspecified atom stereocenters. The Bertz CT molecular complexity index is 3560. The van der Waals surface area contributed by atoms with Crippen LogP contribution in [0.25, 0.3) is 89.7 Å². The monoisotopic (exact) mass is 966 g/mol. The third kappa shape index (κ3) is 10.1. The zero-order valence-electron chi connectivity index (χ0n) is 37.0. The van der Waals surface area contributed by atoms with Gasteiger partial charge in [0, 0.05) is 65.2 Å². The van der Waals surface area contributed by atoms with Crippen molar-refractivity contribution in [3.8, 4) is 67.9 Å². The number of alkyl halides is 6. The Morgan fingerprint density at radius 2 is 1.06 bits per heavy atom. The Morgan fingerprint density at radius 3 is 1.61 bits per heavy atom. The standard InChI is InChI=1S/C52H36F6N8O5/c53-51(54,55)41-27-35(15-19-39(41)31-9-3-1-4-10-31)49-60-47(63-70-49)33-17-21-43-38(26-33)30-65(62-43)23-7-13-45(67)69-46(68)14-8-24-66-44-22-18-34(25-37(44)29-59-66)48-61-50(71-64-48)36-16-20-40(32-11-5-2-6-12-32)42(28-36)52(56,57)58/h1-6,9-12,15-22,25-30H,7-8,13-14,23-24H2. The highest BCUT2D eigenvalue weighted by Gasteiger charge is 2.36. The molecule has 19 heteroatoms. The van der Waals surface area contributed by atoms with Crippen molar-refractivity contribution in [2.75, 3.05) is 0 Å². The van der Waals surface area contributed by atoms with Gasteiger partial charge in [0.05, 0.1) is 28.4 Å². The summed E-state index contributed by atoms with van der Waals surface area (Å²) in [6.07, 6.45) is -5.28. The summed E-state index contributed by atoms with van der Waals surface area (Å²) in [5.41, 5.74) is 1.99. The van der Waals surface area contributed by atoms with E-state index in [2.05, 4.69) is 30.5 Å². The molecule has 10 aromatic rings. The predicted octanol–water partition coefficient (Wildman–Crippen LogP) is 12.5. The minimum absolute atomic E-state index is 0.0328. The highest BCUT2D eigenvalue weighted by atomic mass is 19.4. The molecule has 0 amide bonds. The molecule has 4 heterocycles. The van der Waals surface area contributed by atoms with Gasteiger partial charge in [0.15, 0.2) is 0 Å². The number of esters is 2. The van der Waals surface area contributed by atoms with Crippen LogP contribution in [-0.2, 0) is 39.8 Å². The fourth-order valence-electron chi connectivity index (χ4n) is 8.20. The maximum atomic E-state index is 14.1. The number of halogens is 6. The van der Waals surface area contributed by atoms with Gasteiger partial charge in [-0.05, 0) is 95.8 Å². The number of aromatic nitrogens is 8. The smallest absolute Gasteiger partial charge is 0.393 e. The van der Waals surface area contributed by atoms with E-state index in [4.69, 9.17) is 13.8 Å². The van der Waals surface area contributed by atoms with Crippen molar-refractivity contribution >= 4 is 33.7 Å². The number of fused-ring (bicyclic) bond motifs is 2. The molecule has 356 valence electrons. The number of hydrogen-bond donors (Lipinski definition) is 0. The van der Waals surface area contributed by atoms with E-state index in [-0.39, 0.29) is 58.5 Å². The van der Waals surface area contributed by atoms with Crippen LogP contribution in [0.2, 0.25) is 0 Å². The van der Waals surface area contributed by atoms with Crippen molar-refractivity contribution in [1.29, 1.82) is 0 Å². The Hall–Kier alpha value is -8.74. The molecule has 0 aliphatic carbocycles. The average Bonchev–Trinajstić information content (AvgIpc) is 4.21. The number of carbonyl (C=O) groups excluding carboxylic acids is 2. The van der Waals surface area contributed by atoms with Crippen LogP contribution in [0, 0.1) is 0 Å². The summed E-state index contributed by atoms with van der Waals surface area (Å²) in [5.74, 6) is -1.15. The van der Waals surface area contributed by atoms with Gasteiger partial charge in [0.2, 0.25) is 11.6 Å². The summed E-state index contributed by atoms with van der Waals surface area (Å²) in [6, 6.07) is 34.9. The maximum absolute atomic E-state index is 14.1. The van der Waals surface area contributed by atoms with E-state index >= 15 is 0 Å². The second-order valence-corrected chi connectivity index (χ2v) is 16.5. The quantitative estimate of drug-likeness (QED) is 0.0580. The lowest BCUT2D eigenvalue weighted by Gasteiger charge is -2.14. The van der Waals surface area contributed by atoms with Crippen LogP contribution in [0.3, 0.4) is 0 Å². The van der Waals surface area contributed by atoms with Gasteiger partial charge in [-0.15, -0.1) is 0 Å². The summed E-state index contributed by atoms with van der Waals surface area (Å²) in [6.45, 7) is 0.682. The second kappa shape index (κ2) is 19.0. The molecule has 0 atom stereocenters. The first-order valence-electron chi connectivity index (χ1n) is 22.1. The van der Waals surface area contributed by atoms with Crippen LogP contribution >= 0.6 is 0 Å². The van der Waals surface area contributed by atoms with Crippen molar-refractivity contribution < 1.29 is 49.7 Å². The number of carbonyl (C=O) groups is 2. The minimum Gasteiger partial charge on any atom is -0.393 e. The van der Waals surface area contributed by atoms with Gasteiger partial charge in [0.25, 0.3) is 11.8 Å². The summed E-state index contributed by atoms with van der Waals surface area (Å²) in [4.78, 5) is 33.9. The number of rotatable bonds is 14. The molecule has 0 N–H and O–H groups in total. The molecular formula is C52H36F6N8O5. The second-order valence-electron chi connectivity index (χ2n) is 16.5. The largest absolute Gasteiger partial charge is 0.417 e. The number of nitrogens with zero attached hydrogens (tertiary/aromatic N) is 8. The topological polar surface area (TPSA) is 157 Å². The lowest BCUT2D eigenvalue weighted by Crippen LogP contribution is -2.14. The summed E-state index contributed by atoms with van der Waals surface area (Å²) >= 11 is 0. The third-order valence-electron chi connectivity index (χ3n) is 11.6. The molecule has 71 heavy (non-hydrogen) atoms. The van der Waals surface area contributed by atoms with E-state index in [1.54, 1.807) is 119 Å². The molecule has 0 aliphatic rings. The Balaban J connectivity index is 0.699. The van der Waals surface area contributed by atoms with Crippen molar-refractivity contribution in [1.82, 2.24) is 39.8 Å². The predicted molar refractivity (Wildman–Crippen MR) is 247 cm³/mol. The lowest BCUT2D eigenvalue weighted by atomic mass is 9.97. The fraction of sp³-hybridized carbons (Fsp3) is 0.154. The molecule has 0 saturated heterocycles. The van der Waals surface area contributed by atoms with E-state index < -0.39 is 35.4 Å². The zero-order valence-corrected chi connectivity index (χ0v) is 37.0. The molecule has 4 aromatic heterocycles. The Kier molecular flexibility index (Phi) is 12.3. The molecule has 0 saturated carbocycles. The van der Waals surface area contributed by atoms with E-state index in [9.17, 15) is 35.9 Å². The normalized spacial score (nSPS) is 12.0. The molecule has 13 nitrogen and oxygen atoms in total. The summed E-state index contributed by atoms with van der Waals surface area (Å²) < 4.78 is 104. The van der Waals surface area contributed by atoms with Crippen LogP contribution in [0.4, 0.5) is 26.3 Å². The van der Waals surface area contributed by atoms with E-state index in [0.717, 1.165) is 28.4 Å². The van der Waals surface area contributed by atoms with Gasteiger partial charge in [-0.3, -0.25) is 19.0 Å². The van der Waals surface area contributed by atoms with E-state index in [1.165, 1.54) is 24.3 Å². The van der Waals surface area contributed by atoms with E-state index in [0.29, 0.717) is 53.7 Å².